The number of aromatic nitrogens is 2. The lowest BCUT2D eigenvalue weighted by Crippen LogP contribution is -2.22. The third-order valence-electron chi connectivity index (χ3n) is 3.45. The van der Waals surface area contributed by atoms with E-state index >= 15 is 0 Å². The number of aryl methyl sites for hydroxylation is 2. The second kappa shape index (κ2) is 5.57. The zero-order chi connectivity index (χ0) is 14.0. The molecule has 1 aromatic heterocycles. The summed E-state index contributed by atoms with van der Waals surface area (Å²) in [7, 11) is 0. The van der Waals surface area contributed by atoms with Crippen molar-refractivity contribution in [2.24, 2.45) is 0 Å². The smallest absolute Gasteiger partial charge is 0.0997 e. The molecule has 0 radical (unpaired) electrons. The highest BCUT2D eigenvalue weighted by Gasteiger charge is 2.09. The van der Waals surface area contributed by atoms with Crippen molar-refractivity contribution in [2.45, 2.75) is 47.2 Å². The molecule has 1 aromatic carbocycles. The first-order valence-corrected chi connectivity index (χ1v) is 6.83. The number of nitrogens with zero attached hydrogens (tertiary/aromatic N) is 2. The molecule has 0 aliphatic heterocycles. The zero-order valence-corrected chi connectivity index (χ0v) is 12.5. The van der Waals surface area contributed by atoms with E-state index < -0.39 is 0 Å². The minimum atomic E-state index is 0.485. The van der Waals surface area contributed by atoms with Gasteiger partial charge in [-0.15, -0.1) is 0 Å². The molecule has 0 unspecified atom stereocenters. The van der Waals surface area contributed by atoms with Gasteiger partial charge >= 0.3 is 0 Å². The lowest BCUT2D eigenvalue weighted by Gasteiger charge is -2.15. The van der Waals surface area contributed by atoms with Crippen molar-refractivity contribution in [3.05, 3.63) is 47.0 Å². The first-order valence-electron chi connectivity index (χ1n) is 6.83. The zero-order valence-electron chi connectivity index (χ0n) is 12.5. The third-order valence-corrected chi connectivity index (χ3v) is 3.45. The molecule has 1 N–H and O–H groups in total. The van der Waals surface area contributed by atoms with Gasteiger partial charge in [0.15, 0.2) is 0 Å². The van der Waals surface area contributed by atoms with E-state index in [0.717, 1.165) is 12.2 Å². The van der Waals surface area contributed by atoms with Crippen LogP contribution in [0.15, 0.2) is 24.5 Å². The van der Waals surface area contributed by atoms with E-state index in [9.17, 15) is 0 Å². The maximum atomic E-state index is 4.39. The summed E-state index contributed by atoms with van der Waals surface area (Å²) in [6, 6.07) is 7.07. The number of rotatable bonds is 4. The fourth-order valence-corrected chi connectivity index (χ4v) is 2.15. The lowest BCUT2D eigenvalue weighted by molar-refractivity contribution is 0.587. The van der Waals surface area contributed by atoms with E-state index in [1.165, 1.54) is 22.5 Å². The Morgan fingerprint density at radius 3 is 2.53 bits per heavy atom. The van der Waals surface area contributed by atoms with Crippen LogP contribution >= 0.6 is 0 Å². The predicted molar refractivity (Wildman–Crippen MR) is 79.8 cm³/mol. The van der Waals surface area contributed by atoms with Crippen molar-refractivity contribution in [3.8, 4) is 5.69 Å². The van der Waals surface area contributed by atoms with Gasteiger partial charge in [-0.05, 0) is 32.4 Å². The molecule has 0 saturated heterocycles. The van der Waals surface area contributed by atoms with E-state index in [-0.39, 0.29) is 0 Å². The van der Waals surface area contributed by atoms with Gasteiger partial charge in [0.2, 0.25) is 0 Å². The normalized spacial score (nSPS) is 11.3. The minimum absolute atomic E-state index is 0.485. The van der Waals surface area contributed by atoms with E-state index in [4.69, 9.17) is 0 Å². The Hall–Kier alpha value is -1.61. The highest BCUT2D eigenvalue weighted by Crippen LogP contribution is 2.20. The Morgan fingerprint density at radius 1 is 1.21 bits per heavy atom. The fourth-order valence-electron chi connectivity index (χ4n) is 2.15. The van der Waals surface area contributed by atoms with Crippen LogP contribution in [-0.2, 0) is 6.54 Å². The molecule has 1 heterocycles. The van der Waals surface area contributed by atoms with Crippen LogP contribution in [0, 0.1) is 20.8 Å². The molecule has 2 aromatic rings. The Balaban J connectivity index is 2.42. The molecule has 0 fully saturated rings. The molecular formula is C16H23N3. The van der Waals surface area contributed by atoms with Crippen LogP contribution in [0.25, 0.3) is 5.69 Å². The van der Waals surface area contributed by atoms with Crippen molar-refractivity contribution >= 4 is 0 Å². The second-order valence-corrected chi connectivity index (χ2v) is 5.45. The van der Waals surface area contributed by atoms with Crippen LogP contribution in [0.1, 0.15) is 36.4 Å². The monoisotopic (exact) mass is 257 g/mol. The highest BCUT2D eigenvalue weighted by atomic mass is 15.1. The second-order valence-electron chi connectivity index (χ2n) is 5.45. The largest absolute Gasteiger partial charge is 0.310 e. The van der Waals surface area contributed by atoms with Crippen molar-refractivity contribution < 1.29 is 0 Å². The Kier molecular flexibility index (Phi) is 4.05. The maximum Gasteiger partial charge on any atom is 0.0997 e. The molecule has 3 heteroatoms. The molecule has 0 amide bonds. The third kappa shape index (κ3) is 3.04. The first-order chi connectivity index (χ1) is 8.99. The number of benzene rings is 1. The van der Waals surface area contributed by atoms with Crippen molar-refractivity contribution in [1.82, 2.24) is 14.9 Å². The van der Waals surface area contributed by atoms with Gasteiger partial charge in [-0.25, -0.2) is 4.98 Å². The van der Waals surface area contributed by atoms with Crippen molar-refractivity contribution in [1.29, 1.82) is 0 Å². The van der Waals surface area contributed by atoms with Crippen LogP contribution in [0.4, 0.5) is 0 Å². The summed E-state index contributed by atoms with van der Waals surface area (Å²) >= 11 is 0. The predicted octanol–water partition coefficient (Wildman–Crippen LogP) is 3.30. The SMILES string of the molecule is Cc1ccc(-n2cnc(C)c2C)c(CNC(C)C)c1. The van der Waals surface area contributed by atoms with Gasteiger partial charge in [0.05, 0.1) is 17.7 Å². The molecule has 0 aliphatic rings. The summed E-state index contributed by atoms with van der Waals surface area (Å²) in [5.41, 5.74) is 6.11. The molecule has 0 spiro atoms. The van der Waals surface area contributed by atoms with Gasteiger partial charge in [-0.2, -0.15) is 0 Å². The summed E-state index contributed by atoms with van der Waals surface area (Å²) in [4.78, 5) is 4.39. The summed E-state index contributed by atoms with van der Waals surface area (Å²) in [6.07, 6.45) is 1.91. The van der Waals surface area contributed by atoms with Gasteiger partial charge < -0.3 is 9.88 Å². The lowest BCUT2D eigenvalue weighted by atomic mass is 10.1. The van der Waals surface area contributed by atoms with Gasteiger partial charge in [0.1, 0.15) is 0 Å². The Labute approximate surface area is 115 Å². The average Bonchev–Trinajstić information content (AvgIpc) is 2.68. The van der Waals surface area contributed by atoms with Gasteiger partial charge in [-0.3, -0.25) is 0 Å². The average molecular weight is 257 g/mol. The van der Waals surface area contributed by atoms with E-state index in [2.05, 4.69) is 60.8 Å². The number of nitrogens with one attached hydrogen (secondary N) is 1. The summed E-state index contributed by atoms with van der Waals surface area (Å²) in [5, 5.41) is 3.49. The van der Waals surface area contributed by atoms with Gasteiger partial charge in [0, 0.05) is 18.3 Å². The molecule has 0 bridgehead atoms. The molecule has 2 rings (SSSR count). The number of hydrogen-bond acceptors (Lipinski definition) is 2. The number of imidazole rings is 1. The van der Waals surface area contributed by atoms with Crippen LogP contribution in [0.3, 0.4) is 0 Å². The molecule has 0 saturated carbocycles. The topological polar surface area (TPSA) is 29.9 Å². The van der Waals surface area contributed by atoms with E-state index in [0.29, 0.717) is 6.04 Å². The Morgan fingerprint density at radius 2 is 1.95 bits per heavy atom. The molecule has 3 nitrogen and oxygen atoms in total. The van der Waals surface area contributed by atoms with E-state index in [1.54, 1.807) is 0 Å². The fraction of sp³-hybridized carbons (Fsp3) is 0.438. The standard InChI is InChI=1S/C16H23N3/c1-11(2)17-9-15-8-12(3)6-7-16(15)19-10-18-13(4)14(19)5/h6-8,10-11,17H,9H2,1-5H3. The van der Waals surface area contributed by atoms with Crippen molar-refractivity contribution in [3.63, 3.8) is 0 Å². The van der Waals surface area contributed by atoms with E-state index in [1.807, 2.05) is 13.3 Å². The van der Waals surface area contributed by atoms with Crippen LogP contribution in [-0.4, -0.2) is 15.6 Å². The molecule has 0 aliphatic carbocycles. The molecule has 102 valence electrons. The summed E-state index contributed by atoms with van der Waals surface area (Å²) in [6.45, 7) is 11.5. The van der Waals surface area contributed by atoms with Gasteiger partial charge in [0.25, 0.3) is 0 Å². The number of hydrogen-bond donors (Lipinski definition) is 1. The van der Waals surface area contributed by atoms with Crippen LogP contribution in [0.5, 0.6) is 0 Å². The van der Waals surface area contributed by atoms with Gasteiger partial charge in [-0.1, -0.05) is 31.5 Å². The summed E-state index contributed by atoms with van der Waals surface area (Å²) in [5.74, 6) is 0. The first kappa shape index (κ1) is 13.8. The maximum absolute atomic E-state index is 4.39. The minimum Gasteiger partial charge on any atom is -0.310 e. The molecular weight excluding hydrogens is 234 g/mol. The summed E-state index contributed by atoms with van der Waals surface area (Å²) < 4.78 is 2.17. The Bertz CT molecular complexity index is 567. The van der Waals surface area contributed by atoms with Crippen LogP contribution in [0.2, 0.25) is 0 Å². The molecule has 19 heavy (non-hydrogen) atoms. The quantitative estimate of drug-likeness (QED) is 0.911. The highest BCUT2D eigenvalue weighted by molar-refractivity contribution is 5.45. The van der Waals surface area contributed by atoms with Crippen molar-refractivity contribution in [2.75, 3.05) is 0 Å². The molecule has 0 atom stereocenters. The van der Waals surface area contributed by atoms with Crippen LogP contribution < -0.4 is 5.32 Å².